The van der Waals surface area contributed by atoms with Gasteiger partial charge < -0.3 is 10.0 Å². The molecule has 0 atom stereocenters. The maximum Gasteiger partial charge on any atom is 0.227 e. The maximum atomic E-state index is 12.1. The molecule has 5 heteroatoms. The number of halogens is 1. The molecule has 1 aliphatic rings. The van der Waals surface area contributed by atoms with Gasteiger partial charge in [0, 0.05) is 37.7 Å². The van der Waals surface area contributed by atoms with Crippen LogP contribution in [0.25, 0.3) is 0 Å². The van der Waals surface area contributed by atoms with Gasteiger partial charge in [-0.2, -0.15) is 0 Å². The van der Waals surface area contributed by atoms with Gasteiger partial charge in [0.1, 0.15) is 0 Å². The Labute approximate surface area is 118 Å². The van der Waals surface area contributed by atoms with Crippen molar-refractivity contribution >= 4 is 17.5 Å². The number of hydrogen-bond donors (Lipinski definition) is 1. The Bertz CT molecular complexity index is 414. The summed E-state index contributed by atoms with van der Waals surface area (Å²) < 4.78 is 0. The van der Waals surface area contributed by atoms with Crippen molar-refractivity contribution in [2.45, 2.75) is 6.42 Å². The number of nitrogens with zero attached hydrogens (tertiary/aromatic N) is 2. The SMILES string of the molecule is O=C(Cc1ccc(Cl)cc1)N1CCN(CCO)CC1. The highest BCUT2D eigenvalue weighted by molar-refractivity contribution is 6.30. The lowest BCUT2D eigenvalue weighted by atomic mass is 10.1. The van der Waals surface area contributed by atoms with Gasteiger partial charge in [-0.25, -0.2) is 0 Å². The van der Waals surface area contributed by atoms with Crippen LogP contribution >= 0.6 is 11.6 Å². The first-order valence-electron chi connectivity index (χ1n) is 6.54. The minimum absolute atomic E-state index is 0.158. The highest BCUT2D eigenvalue weighted by atomic mass is 35.5. The molecule has 1 aromatic carbocycles. The quantitative estimate of drug-likeness (QED) is 0.897. The minimum Gasteiger partial charge on any atom is -0.395 e. The number of piperazine rings is 1. The summed E-state index contributed by atoms with van der Waals surface area (Å²) in [7, 11) is 0. The van der Waals surface area contributed by atoms with Crippen LogP contribution in [0.15, 0.2) is 24.3 Å². The predicted octanol–water partition coefficient (Wildman–Crippen LogP) is 1.02. The number of carbonyl (C=O) groups is 1. The summed E-state index contributed by atoms with van der Waals surface area (Å²) in [5.41, 5.74) is 0.993. The highest BCUT2D eigenvalue weighted by Crippen LogP contribution is 2.11. The van der Waals surface area contributed by atoms with Crippen molar-refractivity contribution < 1.29 is 9.90 Å². The van der Waals surface area contributed by atoms with E-state index in [-0.39, 0.29) is 12.5 Å². The average Bonchev–Trinajstić information content (AvgIpc) is 2.42. The van der Waals surface area contributed by atoms with E-state index in [4.69, 9.17) is 16.7 Å². The number of aliphatic hydroxyl groups excluding tert-OH is 1. The Morgan fingerprint density at radius 3 is 2.37 bits per heavy atom. The molecule has 1 fully saturated rings. The molecule has 0 spiro atoms. The summed E-state index contributed by atoms with van der Waals surface area (Å²) in [4.78, 5) is 16.2. The second-order valence-corrected chi connectivity index (χ2v) is 5.19. The smallest absolute Gasteiger partial charge is 0.227 e. The Balaban J connectivity index is 1.83. The summed E-state index contributed by atoms with van der Waals surface area (Å²) in [6.45, 7) is 4.04. The molecule has 0 radical (unpaired) electrons. The molecule has 1 aromatic rings. The average molecular weight is 283 g/mol. The summed E-state index contributed by atoms with van der Waals surface area (Å²) in [5.74, 6) is 0.158. The number of hydrogen-bond acceptors (Lipinski definition) is 3. The van der Waals surface area contributed by atoms with E-state index < -0.39 is 0 Å². The Morgan fingerprint density at radius 1 is 1.16 bits per heavy atom. The van der Waals surface area contributed by atoms with Crippen molar-refractivity contribution in [2.75, 3.05) is 39.3 Å². The van der Waals surface area contributed by atoms with E-state index >= 15 is 0 Å². The van der Waals surface area contributed by atoms with Crippen LogP contribution in [-0.4, -0.2) is 60.1 Å². The van der Waals surface area contributed by atoms with E-state index in [1.54, 1.807) is 0 Å². The third-order valence-corrected chi connectivity index (χ3v) is 3.66. The lowest BCUT2D eigenvalue weighted by Crippen LogP contribution is -2.49. The van der Waals surface area contributed by atoms with Crippen LogP contribution in [0.5, 0.6) is 0 Å². The first-order valence-corrected chi connectivity index (χ1v) is 6.92. The van der Waals surface area contributed by atoms with Crippen molar-refractivity contribution in [3.05, 3.63) is 34.9 Å². The van der Waals surface area contributed by atoms with E-state index in [1.165, 1.54) is 0 Å². The normalized spacial score (nSPS) is 16.6. The zero-order chi connectivity index (χ0) is 13.7. The maximum absolute atomic E-state index is 12.1. The lowest BCUT2D eigenvalue weighted by Gasteiger charge is -2.34. The molecule has 104 valence electrons. The van der Waals surface area contributed by atoms with Crippen LogP contribution in [0.3, 0.4) is 0 Å². The molecule has 2 rings (SSSR count). The molecule has 0 aromatic heterocycles. The molecule has 19 heavy (non-hydrogen) atoms. The van der Waals surface area contributed by atoms with E-state index in [9.17, 15) is 4.79 Å². The van der Waals surface area contributed by atoms with Gasteiger partial charge in [-0.05, 0) is 17.7 Å². The van der Waals surface area contributed by atoms with Gasteiger partial charge in [0.15, 0.2) is 0 Å². The molecule has 0 saturated carbocycles. The van der Waals surface area contributed by atoms with Crippen molar-refractivity contribution in [2.24, 2.45) is 0 Å². The third kappa shape index (κ3) is 4.20. The molecule has 1 N–H and O–H groups in total. The Morgan fingerprint density at radius 2 is 1.79 bits per heavy atom. The van der Waals surface area contributed by atoms with Gasteiger partial charge in [-0.1, -0.05) is 23.7 Å². The first kappa shape index (κ1) is 14.3. The molecule has 1 heterocycles. The van der Waals surface area contributed by atoms with Crippen molar-refractivity contribution in [3.8, 4) is 0 Å². The molecular weight excluding hydrogens is 264 g/mol. The summed E-state index contributed by atoms with van der Waals surface area (Å²) in [6.07, 6.45) is 0.428. The number of benzene rings is 1. The largest absolute Gasteiger partial charge is 0.395 e. The van der Waals surface area contributed by atoms with Gasteiger partial charge in [0.25, 0.3) is 0 Å². The lowest BCUT2D eigenvalue weighted by molar-refractivity contribution is -0.132. The fourth-order valence-corrected chi connectivity index (χ4v) is 2.38. The molecule has 4 nitrogen and oxygen atoms in total. The topological polar surface area (TPSA) is 43.8 Å². The number of β-amino-alcohol motifs (C(OH)–C–C–N with tert-alkyl or cyclic N) is 1. The predicted molar refractivity (Wildman–Crippen MR) is 75.3 cm³/mol. The highest BCUT2D eigenvalue weighted by Gasteiger charge is 2.20. The van der Waals surface area contributed by atoms with Crippen LogP contribution in [-0.2, 0) is 11.2 Å². The molecule has 0 bridgehead atoms. The summed E-state index contributed by atoms with van der Waals surface area (Å²) in [6, 6.07) is 7.40. The van der Waals surface area contributed by atoms with E-state index in [2.05, 4.69) is 4.90 Å². The van der Waals surface area contributed by atoms with Crippen LogP contribution in [0, 0.1) is 0 Å². The zero-order valence-corrected chi connectivity index (χ0v) is 11.6. The second kappa shape index (κ2) is 6.89. The van der Waals surface area contributed by atoms with Crippen LogP contribution in [0.4, 0.5) is 0 Å². The van der Waals surface area contributed by atoms with Crippen LogP contribution in [0.2, 0.25) is 5.02 Å². The van der Waals surface area contributed by atoms with Crippen molar-refractivity contribution in [1.82, 2.24) is 9.80 Å². The molecule has 0 unspecified atom stereocenters. The fraction of sp³-hybridized carbons (Fsp3) is 0.500. The molecule has 0 aliphatic carbocycles. The summed E-state index contributed by atoms with van der Waals surface area (Å²) in [5, 5.41) is 9.57. The second-order valence-electron chi connectivity index (χ2n) is 4.75. The van der Waals surface area contributed by atoms with E-state index in [1.807, 2.05) is 29.2 Å². The Hall–Kier alpha value is -1.10. The number of amides is 1. The van der Waals surface area contributed by atoms with Gasteiger partial charge in [-0.15, -0.1) is 0 Å². The van der Waals surface area contributed by atoms with Crippen LogP contribution in [0.1, 0.15) is 5.56 Å². The van der Waals surface area contributed by atoms with Crippen molar-refractivity contribution in [3.63, 3.8) is 0 Å². The molecule has 1 aliphatic heterocycles. The number of rotatable bonds is 4. The third-order valence-electron chi connectivity index (χ3n) is 3.41. The van der Waals surface area contributed by atoms with Gasteiger partial charge in [0.2, 0.25) is 5.91 Å². The van der Waals surface area contributed by atoms with Crippen molar-refractivity contribution in [1.29, 1.82) is 0 Å². The number of carbonyl (C=O) groups excluding carboxylic acids is 1. The standard InChI is InChI=1S/C14H19ClN2O2/c15-13-3-1-12(2-4-13)11-14(19)17-7-5-16(6-8-17)9-10-18/h1-4,18H,5-11H2. The minimum atomic E-state index is 0.158. The number of aliphatic hydroxyl groups is 1. The summed E-state index contributed by atoms with van der Waals surface area (Å²) >= 11 is 5.82. The monoisotopic (exact) mass is 282 g/mol. The first-order chi connectivity index (χ1) is 9.19. The van der Waals surface area contributed by atoms with Gasteiger partial charge in [0.05, 0.1) is 13.0 Å². The fourth-order valence-electron chi connectivity index (χ4n) is 2.25. The molecule has 1 amide bonds. The van der Waals surface area contributed by atoms with E-state index in [0.717, 1.165) is 31.7 Å². The Kier molecular flexibility index (Phi) is 5.19. The van der Waals surface area contributed by atoms with Gasteiger partial charge in [-0.3, -0.25) is 9.69 Å². The zero-order valence-electron chi connectivity index (χ0n) is 10.9. The van der Waals surface area contributed by atoms with Crippen LogP contribution < -0.4 is 0 Å². The molecule has 1 saturated heterocycles. The van der Waals surface area contributed by atoms with Gasteiger partial charge >= 0.3 is 0 Å². The van der Waals surface area contributed by atoms with E-state index in [0.29, 0.717) is 18.0 Å². The molecular formula is C14H19ClN2O2.